The van der Waals surface area contributed by atoms with E-state index in [2.05, 4.69) is 34.5 Å². The summed E-state index contributed by atoms with van der Waals surface area (Å²) in [7, 11) is 0. The molecule has 0 radical (unpaired) electrons. The van der Waals surface area contributed by atoms with Crippen LogP contribution in [0.5, 0.6) is 0 Å². The van der Waals surface area contributed by atoms with Gasteiger partial charge in [-0.15, -0.1) is 0 Å². The molecule has 1 N–H and O–H groups in total. The van der Waals surface area contributed by atoms with E-state index in [-0.39, 0.29) is 17.7 Å². The minimum absolute atomic E-state index is 0.103. The average Bonchev–Trinajstić information content (AvgIpc) is 3.27. The molecule has 2 saturated heterocycles. The molecule has 5 heteroatoms. The van der Waals surface area contributed by atoms with Crippen molar-refractivity contribution >= 4 is 23.2 Å². The van der Waals surface area contributed by atoms with Gasteiger partial charge in [0.25, 0.3) is 5.91 Å². The predicted molar refractivity (Wildman–Crippen MR) is 119 cm³/mol. The number of nitrogens with zero attached hydrogens (tertiary/aromatic N) is 2. The fourth-order valence-corrected chi connectivity index (χ4v) is 4.71. The van der Waals surface area contributed by atoms with Crippen LogP contribution in [0.25, 0.3) is 0 Å². The molecule has 1 atom stereocenters. The summed E-state index contributed by atoms with van der Waals surface area (Å²) in [5.41, 5.74) is 3.84. The van der Waals surface area contributed by atoms with Gasteiger partial charge in [0.2, 0.25) is 5.91 Å². The fourth-order valence-electron chi connectivity index (χ4n) is 4.71. The van der Waals surface area contributed by atoms with Gasteiger partial charge >= 0.3 is 0 Å². The first kappa shape index (κ1) is 19.2. The number of amides is 2. The van der Waals surface area contributed by atoms with Gasteiger partial charge in [0, 0.05) is 43.7 Å². The molecular formula is C25H29N3O2. The Bertz CT molecular complexity index is 933. The molecule has 5 nitrogen and oxygen atoms in total. The van der Waals surface area contributed by atoms with Crippen LogP contribution in [0.2, 0.25) is 0 Å². The van der Waals surface area contributed by atoms with E-state index in [1.807, 2.05) is 29.2 Å². The summed E-state index contributed by atoms with van der Waals surface area (Å²) in [5, 5.41) is 3.04. The summed E-state index contributed by atoms with van der Waals surface area (Å²) in [6.07, 6.45) is 5.26. The van der Waals surface area contributed by atoms with E-state index in [4.69, 9.17) is 0 Å². The lowest BCUT2D eigenvalue weighted by Gasteiger charge is -2.25. The highest BCUT2D eigenvalue weighted by atomic mass is 16.2. The van der Waals surface area contributed by atoms with Crippen molar-refractivity contribution in [2.75, 3.05) is 36.4 Å². The SMILES string of the molecule is O=C(Nc1ccc(C(=O)N2CCC(c3ccccc3)C2)c(N2CCCC2)c1)C1CC1. The summed E-state index contributed by atoms with van der Waals surface area (Å²) < 4.78 is 0. The average molecular weight is 404 g/mol. The third-order valence-electron chi connectivity index (χ3n) is 6.64. The number of hydrogen-bond acceptors (Lipinski definition) is 3. The second kappa shape index (κ2) is 8.13. The van der Waals surface area contributed by atoms with Gasteiger partial charge in [0.05, 0.1) is 11.3 Å². The van der Waals surface area contributed by atoms with Gasteiger partial charge in [-0.25, -0.2) is 0 Å². The maximum atomic E-state index is 13.5. The van der Waals surface area contributed by atoms with Crippen molar-refractivity contribution in [2.24, 2.45) is 5.92 Å². The highest BCUT2D eigenvalue weighted by Crippen LogP contribution is 2.34. The Morgan fingerprint density at radius 3 is 2.40 bits per heavy atom. The van der Waals surface area contributed by atoms with Crippen LogP contribution < -0.4 is 10.2 Å². The van der Waals surface area contributed by atoms with Crippen molar-refractivity contribution < 1.29 is 9.59 Å². The first-order valence-electron chi connectivity index (χ1n) is 11.2. The zero-order valence-electron chi connectivity index (χ0n) is 17.3. The molecule has 5 rings (SSSR count). The number of carbonyl (C=O) groups is 2. The van der Waals surface area contributed by atoms with Crippen LogP contribution in [0.1, 0.15) is 53.9 Å². The number of anilines is 2. The van der Waals surface area contributed by atoms with E-state index in [9.17, 15) is 9.59 Å². The van der Waals surface area contributed by atoms with E-state index in [0.717, 1.165) is 75.2 Å². The van der Waals surface area contributed by atoms with Crippen LogP contribution >= 0.6 is 0 Å². The zero-order chi connectivity index (χ0) is 20.5. The second-order valence-electron chi connectivity index (χ2n) is 8.84. The molecule has 2 aliphatic heterocycles. The topological polar surface area (TPSA) is 52.7 Å². The minimum Gasteiger partial charge on any atom is -0.371 e. The molecular weight excluding hydrogens is 374 g/mol. The first-order chi connectivity index (χ1) is 14.7. The van der Waals surface area contributed by atoms with E-state index < -0.39 is 0 Å². The van der Waals surface area contributed by atoms with Crippen LogP contribution in [-0.2, 0) is 4.79 Å². The van der Waals surface area contributed by atoms with Crippen LogP contribution in [0.4, 0.5) is 11.4 Å². The summed E-state index contributed by atoms with van der Waals surface area (Å²) in [6.45, 7) is 3.49. The standard InChI is InChI=1S/C25H29N3O2/c29-24(19-8-9-19)26-21-10-11-22(23(16-21)27-13-4-5-14-27)25(30)28-15-12-20(17-28)18-6-2-1-3-7-18/h1-3,6-7,10-11,16,19-20H,4-5,8-9,12-15,17H2,(H,26,29). The molecule has 3 fully saturated rings. The zero-order valence-corrected chi connectivity index (χ0v) is 17.3. The molecule has 1 saturated carbocycles. The molecule has 3 aliphatic rings. The van der Waals surface area contributed by atoms with Crippen molar-refractivity contribution in [3.05, 3.63) is 59.7 Å². The molecule has 0 aromatic heterocycles. The van der Waals surface area contributed by atoms with Gasteiger partial charge in [0.1, 0.15) is 0 Å². The van der Waals surface area contributed by atoms with Gasteiger partial charge in [-0.3, -0.25) is 9.59 Å². The Morgan fingerprint density at radius 2 is 1.67 bits per heavy atom. The number of hydrogen-bond donors (Lipinski definition) is 1. The Labute approximate surface area is 178 Å². The van der Waals surface area contributed by atoms with E-state index in [1.54, 1.807) is 0 Å². The second-order valence-corrected chi connectivity index (χ2v) is 8.84. The summed E-state index contributed by atoms with van der Waals surface area (Å²) in [6, 6.07) is 16.3. The minimum atomic E-state index is 0.103. The molecule has 2 heterocycles. The molecule has 30 heavy (non-hydrogen) atoms. The molecule has 156 valence electrons. The Morgan fingerprint density at radius 1 is 0.900 bits per heavy atom. The fraction of sp³-hybridized carbons (Fsp3) is 0.440. The summed E-state index contributed by atoms with van der Waals surface area (Å²) in [5.74, 6) is 0.783. The number of benzene rings is 2. The number of likely N-dealkylation sites (tertiary alicyclic amines) is 1. The Hall–Kier alpha value is -2.82. The molecule has 1 aliphatic carbocycles. The van der Waals surface area contributed by atoms with Crippen molar-refractivity contribution in [2.45, 2.75) is 38.0 Å². The van der Waals surface area contributed by atoms with E-state index >= 15 is 0 Å². The van der Waals surface area contributed by atoms with Crippen LogP contribution in [0.15, 0.2) is 48.5 Å². The van der Waals surface area contributed by atoms with Crippen LogP contribution in [0, 0.1) is 5.92 Å². The number of rotatable bonds is 5. The van der Waals surface area contributed by atoms with Crippen molar-refractivity contribution in [3.8, 4) is 0 Å². The molecule has 2 aromatic rings. The van der Waals surface area contributed by atoms with Gasteiger partial charge < -0.3 is 15.1 Å². The van der Waals surface area contributed by atoms with Gasteiger partial charge in [0.15, 0.2) is 0 Å². The smallest absolute Gasteiger partial charge is 0.255 e. The highest BCUT2D eigenvalue weighted by molar-refractivity contribution is 6.02. The lowest BCUT2D eigenvalue weighted by atomic mass is 9.99. The maximum absolute atomic E-state index is 13.5. The van der Waals surface area contributed by atoms with Crippen molar-refractivity contribution in [1.82, 2.24) is 4.90 Å². The molecule has 2 aromatic carbocycles. The first-order valence-corrected chi connectivity index (χ1v) is 11.2. The van der Waals surface area contributed by atoms with Crippen LogP contribution in [-0.4, -0.2) is 42.9 Å². The lowest BCUT2D eigenvalue weighted by Crippen LogP contribution is -2.31. The summed E-state index contributed by atoms with van der Waals surface area (Å²) >= 11 is 0. The Kier molecular flexibility index (Phi) is 5.19. The van der Waals surface area contributed by atoms with Gasteiger partial charge in [-0.2, -0.15) is 0 Å². The molecule has 1 unspecified atom stereocenters. The third kappa shape index (κ3) is 3.93. The van der Waals surface area contributed by atoms with Crippen molar-refractivity contribution in [3.63, 3.8) is 0 Å². The summed E-state index contributed by atoms with van der Waals surface area (Å²) in [4.78, 5) is 30.0. The molecule has 0 spiro atoms. The van der Waals surface area contributed by atoms with Gasteiger partial charge in [-0.1, -0.05) is 30.3 Å². The van der Waals surface area contributed by atoms with E-state index in [1.165, 1.54) is 5.56 Å². The number of nitrogens with one attached hydrogen (secondary N) is 1. The predicted octanol–water partition coefficient (Wildman–Crippen LogP) is 4.27. The number of carbonyl (C=O) groups excluding carboxylic acids is 2. The highest BCUT2D eigenvalue weighted by Gasteiger charge is 2.32. The third-order valence-corrected chi connectivity index (χ3v) is 6.64. The van der Waals surface area contributed by atoms with Gasteiger partial charge in [-0.05, 0) is 55.9 Å². The van der Waals surface area contributed by atoms with Crippen molar-refractivity contribution in [1.29, 1.82) is 0 Å². The Balaban J connectivity index is 1.37. The quantitative estimate of drug-likeness (QED) is 0.811. The van der Waals surface area contributed by atoms with E-state index in [0.29, 0.717) is 5.92 Å². The molecule has 2 amide bonds. The largest absolute Gasteiger partial charge is 0.371 e. The van der Waals surface area contributed by atoms with Crippen LogP contribution in [0.3, 0.4) is 0 Å². The lowest BCUT2D eigenvalue weighted by molar-refractivity contribution is -0.117. The molecule has 0 bridgehead atoms. The monoisotopic (exact) mass is 403 g/mol. The normalized spacial score (nSPS) is 21.1. The maximum Gasteiger partial charge on any atom is 0.255 e.